The third kappa shape index (κ3) is 7.25. The SMILES string of the molecule is CCCO.O=CC=Cc1ccccc1. The van der Waals surface area contributed by atoms with Gasteiger partial charge in [-0.1, -0.05) is 43.3 Å². The third-order valence-corrected chi connectivity index (χ3v) is 1.39. The molecular weight excluding hydrogens is 176 g/mol. The van der Waals surface area contributed by atoms with Crippen LogP contribution in [-0.4, -0.2) is 18.0 Å². The van der Waals surface area contributed by atoms with Crippen molar-refractivity contribution in [3.63, 3.8) is 0 Å². The molecule has 0 radical (unpaired) electrons. The number of aldehydes is 1. The van der Waals surface area contributed by atoms with E-state index in [0.717, 1.165) is 18.3 Å². The van der Waals surface area contributed by atoms with Crippen LogP contribution in [0.25, 0.3) is 6.08 Å². The van der Waals surface area contributed by atoms with E-state index in [9.17, 15) is 4.79 Å². The lowest BCUT2D eigenvalue weighted by Gasteiger charge is -1.86. The second kappa shape index (κ2) is 9.68. The highest BCUT2D eigenvalue weighted by Crippen LogP contribution is 1.99. The summed E-state index contributed by atoms with van der Waals surface area (Å²) in [7, 11) is 0. The summed E-state index contributed by atoms with van der Waals surface area (Å²) in [5, 5.41) is 7.88. The van der Waals surface area contributed by atoms with Crippen LogP contribution in [0, 0.1) is 0 Å². The third-order valence-electron chi connectivity index (χ3n) is 1.39. The van der Waals surface area contributed by atoms with Gasteiger partial charge in [-0.15, -0.1) is 0 Å². The smallest absolute Gasteiger partial charge is 0.142 e. The Balaban J connectivity index is 0.000000364. The van der Waals surface area contributed by atoms with Crippen molar-refractivity contribution >= 4 is 12.4 Å². The van der Waals surface area contributed by atoms with Gasteiger partial charge in [-0.3, -0.25) is 4.79 Å². The molecule has 0 saturated carbocycles. The number of benzene rings is 1. The number of carbonyl (C=O) groups excluding carboxylic acids is 1. The number of hydrogen-bond donors (Lipinski definition) is 1. The number of hydrogen-bond acceptors (Lipinski definition) is 2. The van der Waals surface area contributed by atoms with Gasteiger partial charge in [0.1, 0.15) is 6.29 Å². The fourth-order valence-electron chi connectivity index (χ4n) is 0.715. The van der Waals surface area contributed by atoms with Crippen molar-refractivity contribution < 1.29 is 9.90 Å². The number of aliphatic hydroxyl groups excluding tert-OH is 1. The van der Waals surface area contributed by atoms with E-state index in [4.69, 9.17) is 5.11 Å². The Kier molecular flexibility index (Phi) is 8.70. The van der Waals surface area contributed by atoms with Crippen molar-refractivity contribution in [1.29, 1.82) is 0 Å². The van der Waals surface area contributed by atoms with Gasteiger partial charge in [0.05, 0.1) is 0 Å². The molecule has 76 valence electrons. The van der Waals surface area contributed by atoms with Gasteiger partial charge in [0.25, 0.3) is 0 Å². The normalized spacial score (nSPS) is 9.29. The Hall–Kier alpha value is -1.41. The van der Waals surface area contributed by atoms with Crippen LogP contribution in [0.5, 0.6) is 0 Å². The lowest BCUT2D eigenvalue weighted by Crippen LogP contribution is -1.69. The highest BCUT2D eigenvalue weighted by Gasteiger charge is 1.79. The van der Waals surface area contributed by atoms with Gasteiger partial charge in [-0.05, 0) is 18.1 Å². The molecule has 0 aliphatic carbocycles. The number of allylic oxidation sites excluding steroid dienone is 1. The minimum atomic E-state index is 0.319. The van der Waals surface area contributed by atoms with Crippen LogP contribution in [0.2, 0.25) is 0 Å². The van der Waals surface area contributed by atoms with Crippen LogP contribution in [0.15, 0.2) is 36.4 Å². The molecule has 1 aromatic carbocycles. The van der Waals surface area contributed by atoms with Gasteiger partial charge < -0.3 is 5.11 Å². The summed E-state index contributed by atoms with van der Waals surface area (Å²) in [6, 6.07) is 9.70. The molecule has 0 fully saturated rings. The quantitative estimate of drug-likeness (QED) is 0.589. The second-order valence-electron chi connectivity index (χ2n) is 2.63. The Morgan fingerprint density at radius 2 is 1.86 bits per heavy atom. The van der Waals surface area contributed by atoms with Crippen molar-refractivity contribution in [2.24, 2.45) is 0 Å². The summed E-state index contributed by atoms with van der Waals surface area (Å²) in [5.41, 5.74) is 1.05. The first-order valence-corrected chi connectivity index (χ1v) is 4.63. The lowest BCUT2D eigenvalue weighted by atomic mass is 10.2. The summed E-state index contributed by atoms with van der Waals surface area (Å²) in [6.07, 6.45) is 4.90. The molecule has 2 nitrogen and oxygen atoms in total. The van der Waals surface area contributed by atoms with Crippen LogP contribution >= 0.6 is 0 Å². The van der Waals surface area contributed by atoms with Gasteiger partial charge >= 0.3 is 0 Å². The van der Waals surface area contributed by atoms with Gasteiger partial charge in [0, 0.05) is 6.61 Å². The van der Waals surface area contributed by atoms with Crippen LogP contribution in [-0.2, 0) is 4.79 Å². The predicted octanol–water partition coefficient (Wildman–Crippen LogP) is 2.29. The lowest BCUT2D eigenvalue weighted by molar-refractivity contribution is -0.104. The average Bonchev–Trinajstić information content (AvgIpc) is 2.28. The van der Waals surface area contributed by atoms with Crippen molar-refractivity contribution in [3.05, 3.63) is 42.0 Å². The second-order valence-corrected chi connectivity index (χ2v) is 2.63. The maximum atomic E-state index is 9.89. The fraction of sp³-hybridized carbons (Fsp3) is 0.250. The van der Waals surface area contributed by atoms with Crippen molar-refractivity contribution in [2.45, 2.75) is 13.3 Å². The zero-order valence-electron chi connectivity index (χ0n) is 8.39. The van der Waals surface area contributed by atoms with E-state index in [2.05, 4.69) is 0 Å². The maximum absolute atomic E-state index is 9.89. The van der Waals surface area contributed by atoms with E-state index >= 15 is 0 Å². The average molecular weight is 192 g/mol. The van der Waals surface area contributed by atoms with Gasteiger partial charge in [0.15, 0.2) is 0 Å². The summed E-state index contributed by atoms with van der Waals surface area (Å²) in [4.78, 5) is 9.89. The summed E-state index contributed by atoms with van der Waals surface area (Å²) in [5.74, 6) is 0. The molecular formula is C12H16O2. The first kappa shape index (κ1) is 12.6. The first-order valence-electron chi connectivity index (χ1n) is 4.63. The molecule has 0 unspecified atom stereocenters. The Bertz CT molecular complexity index is 250. The van der Waals surface area contributed by atoms with Crippen molar-refractivity contribution in [1.82, 2.24) is 0 Å². The summed E-state index contributed by atoms with van der Waals surface area (Å²) < 4.78 is 0. The van der Waals surface area contributed by atoms with Gasteiger partial charge in [0.2, 0.25) is 0 Å². The predicted molar refractivity (Wildman–Crippen MR) is 58.9 cm³/mol. The fourth-order valence-corrected chi connectivity index (χ4v) is 0.715. The molecule has 0 saturated heterocycles. The number of carbonyl (C=O) groups is 1. The van der Waals surface area contributed by atoms with E-state index < -0.39 is 0 Å². The summed E-state index contributed by atoms with van der Waals surface area (Å²) >= 11 is 0. The minimum absolute atomic E-state index is 0.319. The standard InChI is InChI=1S/C9H8O.C3H8O/c10-8-4-7-9-5-2-1-3-6-9;1-2-3-4/h1-8H;4H,2-3H2,1H3. The molecule has 0 aromatic heterocycles. The molecule has 0 heterocycles. The van der Waals surface area contributed by atoms with E-state index in [1.807, 2.05) is 37.3 Å². The minimum Gasteiger partial charge on any atom is -0.396 e. The number of rotatable bonds is 3. The molecule has 1 rings (SSSR count). The van der Waals surface area contributed by atoms with Crippen LogP contribution < -0.4 is 0 Å². The van der Waals surface area contributed by atoms with Crippen molar-refractivity contribution in [2.75, 3.05) is 6.61 Å². The zero-order chi connectivity index (χ0) is 10.6. The molecule has 2 heteroatoms. The van der Waals surface area contributed by atoms with Gasteiger partial charge in [-0.2, -0.15) is 0 Å². The molecule has 0 bridgehead atoms. The van der Waals surface area contributed by atoms with Crippen LogP contribution in [0.1, 0.15) is 18.9 Å². The molecule has 1 N–H and O–H groups in total. The summed E-state index contributed by atoms with van der Waals surface area (Å²) in [6.45, 7) is 2.25. The highest BCUT2D eigenvalue weighted by molar-refractivity contribution is 5.73. The molecule has 0 amide bonds. The van der Waals surface area contributed by atoms with Crippen LogP contribution in [0.4, 0.5) is 0 Å². The highest BCUT2D eigenvalue weighted by atomic mass is 16.2. The first-order chi connectivity index (χ1) is 6.85. The van der Waals surface area contributed by atoms with E-state index in [0.29, 0.717) is 6.61 Å². The van der Waals surface area contributed by atoms with E-state index in [1.165, 1.54) is 6.08 Å². The Morgan fingerprint density at radius 3 is 2.29 bits per heavy atom. The maximum Gasteiger partial charge on any atom is 0.142 e. The molecule has 1 aromatic rings. The molecule has 0 aliphatic heterocycles. The molecule has 0 aliphatic rings. The Morgan fingerprint density at radius 1 is 1.29 bits per heavy atom. The van der Waals surface area contributed by atoms with E-state index in [1.54, 1.807) is 6.08 Å². The largest absolute Gasteiger partial charge is 0.396 e. The molecule has 0 spiro atoms. The zero-order valence-corrected chi connectivity index (χ0v) is 8.39. The van der Waals surface area contributed by atoms with Crippen molar-refractivity contribution in [3.8, 4) is 0 Å². The topological polar surface area (TPSA) is 37.3 Å². The van der Waals surface area contributed by atoms with E-state index in [-0.39, 0.29) is 0 Å². The Labute approximate surface area is 84.9 Å². The monoisotopic (exact) mass is 192 g/mol. The molecule has 14 heavy (non-hydrogen) atoms. The molecule has 0 atom stereocenters. The van der Waals surface area contributed by atoms with Gasteiger partial charge in [-0.25, -0.2) is 0 Å². The van der Waals surface area contributed by atoms with Crippen LogP contribution in [0.3, 0.4) is 0 Å². The number of aliphatic hydroxyl groups is 1.